The molecule has 0 atom stereocenters. The highest BCUT2D eigenvalue weighted by Gasteiger charge is 2.34. The first-order valence-corrected chi connectivity index (χ1v) is 10.8. The molecule has 2 amide bonds. The third-order valence-corrected chi connectivity index (χ3v) is 6.04. The van der Waals surface area contributed by atoms with Crippen molar-refractivity contribution < 1.29 is 14.3 Å². The van der Waals surface area contributed by atoms with Gasteiger partial charge in [0.25, 0.3) is 0 Å². The molecule has 164 valence electrons. The van der Waals surface area contributed by atoms with E-state index in [2.05, 4.69) is 10.2 Å². The van der Waals surface area contributed by atoms with Crippen LogP contribution in [0, 0.1) is 0 Å². The fraction of sp³-hybridized carbons (Fsp3) is 0.391. The van der Waals surface area contributed by atoms with Crippen molar-refractivity contribution >= 4 is 40.7 Å². The van der Waals surface area contributed by atoms with Crippen molar-refractivity contribution in [3.8, 4) is 0 Å². The summed E-state index contributed by atoms with van der Waals surface area (Å²) in [6, 6.07) is 13.4. The maximum atomic E-state index is 12.5. The molecule has 2 heterocycles. The second-order valence-electron chi connectivity index (χ2n) is 8.19. The number of anilines is 3. The van der Waals surface area contributed by atoms with E-state index in [1.807, 2.05) is 55.4 Å². The van der Waals surface area contributed by atoms with Gasteiger partial charge in [-0.1, -0.05) is 11.6 Å². The van der Waals surface area contributed by atoms with Crippen LogP contribution in [0.25, 0.3) is 0 Å². The maximum Gasteiger partial charge on any atom is 0.414 e. The summed E-state index contributed by atoms with van der Waals surface area (Å²) >= 11 is 6.09. The number of hydrogen-bond donors (Lipinski definition) is 1. The number of rotatable bonds is 5. The van der Waals surface area contributed by atoms with Crippen LogP contribution in [0.4, 0.5) is 21.9 Å². The summed E-state index contributed by atoms with van der Waals surface area (Å²) in [6.45, 7) is 2.06. The molecular formula is C23H27ClN4O3. The van der Waals surface area contributed by atoms with Crippen LogP contribution in [0.3, 0.4) is 0 Å². The summed E-state index contributed by atoms with van der Waals surface area (Å²) in [4.78, 5) is 30.8. The Bertz CT molecular complexity index is 956. The highest BCUT2D eigenvalue weighted by Crippen LogP contribution is 2.33. The smallest absolute Gasteiger partial charge is 0.414 e. The number of nitrogens with one attached hydrogen (secondary N) is 1. The molecule has 1 fully saturated rings. The minimum Gasteiger partial charge on any atom is -0.444 e. The van der Waals surface area contributed by atoms with Gasteiger partial charge in [-0.25, -0.2) is 4.79 Å². The molecule has 0 aromatic heterocycles. The zero-order chi connectivity index (χ0) is 22.0. The van der Waals surface area contributed by atoms with Gasteiger partial charge in [0.2, 0.25) is 5.91 Å². The Hall–Kier alpha value is -2.77. The highest BCUT2D eigenvalue weighted by molar-refractivity contribution is 6.30. The van der Waals surface area contributed by atoms with E-state index in [0.29, 0.717) is 11.6 Å². The van der Waals surface area contributed by atoms with Gasteiger partial charge in [0, 0.05) is 55.2 Å². The van der Waals surface area contributed by atoms with E-state index in [0.717, 1.165) is 48.6 Å². The highest BCUT2D eigenvalue weighted by atomic mass is 35.5. The Kier molecular flexibility index (Phi) is 6.34. The van der Waals surface area contributed by atoms with Gasteiger partial charge in [-0.2, -0.15) is 0 Å². The quantitative estimate of drug-likeness (QED) is 0.759. The van der Waals surface area contributed by atoms with Gasteiger partial charge in [-0.05, 0) is 55.3 Å². The topological polar surface area (TPSA) is 65.1 Å². The van der Waals surface area contributed by atoms with Gasteiger partial charge in [-0.3, -0.25) is 14.6 Å². The average Bonchev–Trinajstić information content (AvgIpc) is 2.75. The first-order valence-electron chi connectivity index (χ1n) is 10.4. The van der Waals surface area contributed by atoms with Gasteiger partial charge in [0.05, 0.1) is 12.2 Å². The largest absolute Gasteiger partial charge is 0.444 e. The minimum atomic E-state index is -0.313. The Labute approximate surface area is 187 Å². The number of cyclic esters (lactones) is 1. The third kappa shape index (κ3) is 4.94. The summed E-state index contributed by atoms with van der Waals surface area (Å²) in [5.41, 5.74) is 3.67. The lowest BCUT2D eigenvalue weighted by molar-refractivity contribution is -0.117. The first kappa shape index (κ1) is 21.5. The van der Waals surface area contributed by atoms with Gasteiger partial charge in [-0.15, -0.1) is 0 Å². The van der Waals surface area contributed by atoms with Crippen molar-refractivity contribution in [1.29, 1.82) is 0 Å². The van der Waals surface area contributed by atoms with E-state index in [1.165, 1.54) is 0 Å². The van der Waals surface area contributed by atoms with Crippen LogP contribution in [0.1, 0.15) is 18.4 Å². The Morgan fingerprint density at radius 1 is 1.16 bits per heavy atom. The summed E-state index contributed by atoms with van der Waals surface area (Å²) in [5.74, 6) is -0.0339. The van der Waals surface area contributed by atoms with Gasteiger partial charge < -0.3 is 15.0 Å². The molecule has 8 heteroatoms. The number of benzene rings is 2. The SMILES string of the molecule is CN(C)c1ccc(NC(=O)CN2CCC(N3C(=O)OCc4cc(Cl)ccc43)CC2)cc1. The molecule has 0 radical (unpaired) electrons. The molecule has 0 unspecified atom stereocenters. The molecule has 2 aromatic rings. The minimum absolute atomic E-state index is 0.0339. The molecule has 2 aliphatic heterocycles. The third-order valence-electron chi connectivity index (χ3n) is 5.81. The summed E-state index contributed by atoms with van der Waals surface area (Å²) in [6.07, 6.45) is 1.25. The molecule has 7 nitrogen and oxygen atoms in total. The fourth-order valence-corrected chi connectivity index (χ4v) is 4.33. The lowest BCUT2D eigenvalue weighted by Crippen LogP contribution is -2.50. The van der Waals surface area contributed by atoms with Crippen LogP contribution < -0.4 is 15.1 Å². The standard InChI is InChI=1S/C23H27ClN4O3/c1-26(2)19-6-4-18(5-7-19)25-22(29)14-27-11-9-20(10-12-27)28-21-8-3-17(24)13-16(21)15-31-23(28)30/h3-8,13,20H,9-12,14-15H2,1-2H3,(H,25,29). The lowest BCUT2D eigenvalue weighted by Gasteiger charge is -2.40. The summed E-state index contributed by atoms with van der Waals surface area (Å²) in [7, 11) is 3.96. The fourth-order valence-electron chi connectivity index (χ4n) is 4.14. The molecule has 31 heavy (non-hydrogen) atoms. The van der Waals surface area contributed by atoms with E-state index in [9.17, 15) is 9.59 Å². The number of nitrogens with zero attached hydrogens (tertiary/aromatic N) is 3. The Balaban J connectivity index is 1.32. The predicted octanol–water partition coefficient (Wildman–Crippen LogP) is 3.97. The lowest BCUT2D eigenvalue weighted by atomic mass is 10.0. The van der Waals surface area contributed by atoms with E-state index in [4.69, 9.17) is 16.3 Å². The summed E-state index contributed by atoms with van der Waals surface area (Å²) < 4.78 is 5.35. The van der Waals surface area contributed by atoms with Crippen LogP contribution in [0.2, 0.25) is 5.02 Å². The number of carbonyl (C=O) groups is 2. The molecular weight excluding hydrogens is 416 g/mol. The van der Waals surface area contributed by atoms with Crippen LogP contribution in [0.15, 0.2) is 42.5 Å². The van der Waals surface area contributed by atoms with Crippen molar-refractivity contribution in [3.63, 3.8) is 0 Å². The zero-order valence-electron chi connectivity index (χ0n) is 17.8. The normalized spacial score (nSPS) is 17.1. The number of carbonyl (C=O) groups excluding carboxylic acids is 2. The van der Waals surface area contributed by atoms with E-state index < -0.39 is 0 Å². The first-order chi connectivity index (χ1) is 14.9. The van der Waals surface area contributed by atoms with Crippen LogP contribution in [-0.4, -0.2) is 56.7 Å². The molecule has 4 rings (SSSR count). The Morgan fingerprint density at radius 3 is 2.55 bits per heavy atom. The Morgan fingerprint density at radius 2 is 1.87 bits per heavy atom. The van der Waals surface area contributed by atoms with Crippen molar-refractivity contribution in [2.24, 2.45) is 0 Å². The number of amides is 2. The van der Waals surface area contributed by atoms with Crippen molar-refractivity contribution in [2.45, 2.75) is 25.5 Å². The van der Waals surface area contributed by atoms with Gasteiger partial charge in [0.1, 0.15) is 6.61 Å². The molecule has 1 N–H and O–H groups in total. The molecule has 0 saturated carbocycles. The van der Waals surface area contributed by atoms with Crippen LogP contribution >= 0.6 is 11.6 Å². The number of fused-ring (bicyclic) bond motifs is 1. The summed E-state index contributed by atoms with van der Waals surface area (Å²) in [5, 5.41) is 3.59. The zero-order valence-corrected chi connectivity index (χ0v) is 18.6. The van der Waals surface area contributed by atoms with Crippen molar-refractivity contribution in [2.75, 3.05) is 48.8 Å². The predicted molar refractivity (Wildman–Crippen MR) is 123 cm³/mol. The molecule has 2 aliphatic rings. The molecule has 2 aromatic carbocycles. The number of likely N-dealkylation sites (tertiary alicyclic amines) is 1. The van der Waals surface area contributed by atoms with Crippen LogP contribution in [0.5, 0.6) is 0 Å². The number of piperidine rings is 1. The molecule has 0 bridgehead atoms. The van der Waals surface area contributed by atoms with E-state index in [1.54, 1.807) is 11.0 Å². The second-order valence-corrected chi connectivity index (χ2v) is 8.63. The van der Waals surface area contributed by atoms with E-state index >= 15 is 0 Å². The molecule has 0 spiro atoms. The number of ether oxygens (including phenoxy) is 1. The average molecular weight is 443 g/mol. The van der Waals surface area contributed by atoms with Gasteiger partial charge >= 0.3 is 6.09 Å². The molecule has 0 aliphatic carbocycles. The molecule has 1 saturated heterocycles. The number of hydrogen-bond acceptors (Lipinski definition) is 5. The van der Waals surface area contributed by atoms with Crippen molar-refractivity contribution in [1.82, 2.24) is 4.90 Å². The second kappa shape index (κ2) is 9.16. The monoisotopic (exact) mass is 442 g/mol. The van der Waals surface area contributed by atoms with E-state index in [-0.39, 0.29) is 24.6 Å². The van der Waals surface area contributed by atoms with Crippen molar-refractivity contribution in [3.05, 3.63) is 53.1 Å². The van der Waals surface area contributed by atoms with Gasteiger partial charge in [0.15, 0.2) is 0 Å². The maximum absolute atomic E-state index is 12.5. The number of halogens is 1. The van der Waals surface area contributed by atoms with Crippen LogP contribution in [-0.2, 0) is 16.1 Å².